The molecule has 3 atom stereocenters. The summed E-state index contributed by atoms with van der Waals surface area (Å²) in [6.45, 7) is 3.11. The zero-order valence-corrected chi connectivity index (χ0v) is 6.61. The van der Waals surface area contributed by atoms with Gasteiger partial charge in [0.05, 0.1) is 6.10 Å². The molecule has 0 bridgehead atoms. The SMILES string of the molecule is CC(=O)O[C@H]1C[C@H](O)O[C@@H]1C. The first-order valence-corrected chi connectivity index (χ1v) is 3.60. The average molecular weight is 160 g/mol. The van der Waals surface area contributed by atoms with Crippen molar-refractivity contribution >= 4 is 5.97 Å². The van der Waals surface area contributed by atoms with Crippen LogP contribution < -0.4 is 0 Å². The number of carbonyl (C=O) groups excluding carboxylic acids is 1. The number of ether oxygens (including phenoxy) is 2. The van der Waals surface area contributed by atoms with Gasteiger partial charge in [-0.3, -0.25) is 4.79 Å². The molecule has 0 spiro atoms. The van der Waals surface area contributed by atoms with Gasteiger partial charge in [-0.2, -0.15) is 0 Å². The molecule has 1 fully saturated rings. The lowest BCUT2D eigenvalue weighted by atomic mass is 10.2. The Bertz CT molecular complexity index is 157. The fraction of sp³-hybridized carbons (Fsp3) is 0.857. The van der Waals surface area contributed by atoms with Crippen molar-refractivity contribution in [3.05, 3.63) is 0 Å². The van der Waals surface area contributed by atoms with Crippen molar-refractivity contribution in [2.45, 2.75) is 38.8 Å². The minimum atomic E-state index is -0.783. The zero-order chi connectivity index (χ0) is 8.43. The minimum absolute atomic E-state index is 0.200. The van der Waals surface area contributed by atoms with Crippen LogP contribution in [-0.2, 0) is 14.3 Å². The van der Waals surface area contributed by atoms with E-state index in [9.17, 15) is 4.79 Å². The summed E-state index contributed by atoms with van der Waals surface area (Å²) in [6, 6.07) is 0. The van der Waals surface area contributed by atoms with E-state index in [-0.39, 0.29) is 18.2 Å². The molecule has 1 rings (SSSR count). The number of hydrogen-bond donors (Lipinski definition) is 1. The van der Waals surface area contributed by atoms with Crippen molar-refractivity contribution in [3.8, 4) is 0 Å². The summed E-state index contributed by atoms with van der Waals surface area (Å²) in [4.78, 5) is 10.5. The van der Waals surface area contributed by atoms with Crippen LogP contribution in [0.4, 0.5) is 0 Å². The maximum Gasteiger partial charge on any atom is 0.302 e. The van der Waals surface area contributed by atoms with Gasteiger partial charge in [-0.1, -0.05) is 0 Å². The second kappa shape index (κ2) is 3.19. The van der Waals surface area contributed by atoms with Crippen molar-refractivity contribution in [2.75, 3.05) is 0 Å². The molecule has 1 saturated heterocycles. The van der Waals surface area contributed by atoms with Crippen molar-refractivity contribution < 1.29 is 19.4 Å². The van der Waals surface area contributed by atoms with Gasteiger partial charge in [0.2, 0.25) is 0 Å². The molecule has 4 nitrogen and oxygen atoms in total. The van der Waals surface area contributed by atoms with Crippen molar-refractivity contribution in [3.63, 3.8) is 0 Å². The molecule has 0 aliphatic carbocycles. The van der Waals surface area contributed by atoms with Gasteiger partial charge in [-0.15, -0.1) is 0 Å². The molecule has 0 aromatic carbocycles. The van der Waals surface area contributed by atoms with Crippen LogP contribution in [0, 0.1) is 0 Å². The Morgan fingerprint density at radius 1 is 1.73 bits per heavy atom. The Labute approximate surface area is 65.1 Å². The predicted octanol–water partition coefficient (Wildman–Crippen LogP) is 0.0453. The summed E-state index contributed by atoms with van der Waals surface area (Å²) in [5.41, 5.74) is 0. The number of aliphatic hydroxyl groups is 1. The van der Waals surface area contributed by atoms with Gasteiger partial charge in [0.1, 0.15) is 6.10 Å². The van der Waals surface area contributed by atoms with Gasteiger partial charge in [0.25, 0.3) is 0 Å². The second-order valence-corrected chi connectivity index (χ2v) is 2.68. The molecule has 1 aliphatic heterocycles. The molecule has 1 N–H and O–H groups in total. The molecule has 1 aliphatic rings. The number of hydrogen-bond acceptors (Lipinski definition) is 4. The normalized spacial score (nSPS) is 37.2. The highest BCUT2D eigenvalue weighted by molar-refractivity contribution is 5.66. The molecule has 0 saturated carbocycles. The number of esters is 1. The first-order valence-electron chi connectivity index (χ1n) is 3.60. The van der Waals surface area contributed by atoms with Crippen LogP contribution in [0.2, 0.25) is 0 Å². The molecule has 4 heteroatoms. The number of rotatable bonds is 1. The van der Waals surface area contributed by atoms with Gasteiger partial charge < -0.3 is 14.6 Å². The van der Waals surface area contributed by atoms with E-state index >= 15 is 0 Å². The Kier molecular flexibility index (Phi) is 2.46. The van der Waals surface area contributed by atoms with Crippen molar-refractivity contribution in [1.82, 2.24) is 0 Å². The minimum Gasteiger partial charge on any atom is -0.460 e. The van der Waals surface area contributed by atoms with E-state index in [0.717, 1.165) is 0 Å². The molecule has 64 valence electrons. The van der Waals surface area contributed by atoms with Crippen molar-refractivity contribution in [2.24, 2.45) is 0 Å². The van der Waals surface area contributed by atoms with E-state index in [2.05, 4.69) is 0 Å². The van der Waals surface area contributed by atoms with Crippen LogP contribution in [0.3, 0.4) is 0 Å². The van der Waals surface area contributed by atoms with E-state index in [0.29, 0.717) is 6.42 Å². The summed E-state index contributed by atoms with van der Waals surface area (Å²) >= 11 is 0. The smallest absolute Gasteiger partial charge is 0.302 e. The van der Waals surface area contributed by atoms with E-state index < -0.39 is 6.29 Å². The fourth-order valence-corrected chi connectivity index (χ4v) is 1.14. The number of aliphatic hydroxyl groups excluding tert-OH is 1. The average Bonchev–Trinajstić information content (AvgIpc) is 2.09. The fourth-order valence-electron chi connectivity index (χ4n) is 1.14. The summed E-state index contributed by atoms with van der Waals surface area (Å²) in [5, 5.41) is 8.97. The first-order chi connectivity index (χ1) is 5.09. The molecule has 1 heterocycles. The molecule has 0 aromatic rings. The molecule has 0 unspecified atom stereocenters. The summed E-state index contributed by atoms with van der Waals surface area (Å²) in [7, 11) is 0. The Morgan fingerprint density at radius 3 is 2.73 bits per heavy atom. The Hall–Kier alpha value is -0.610. The molecule has 0 radical (unpaired) electrons. The summed E-state index contributed by atoms with van der Waals surface area (Å²) in [5.74, 6) is -0.334. The van der Waals surface area contributed by atoms with Crippen LogP contribution in [-0.4, -0.2) is 29.6 Å². The van der Waals surface area contributed by atoms with E-state index in [1.165, 1.54) is 6.92 Å². The highest BCUT2D eigenvalue weighted by atomic mass is 16.6. The zero-order valence-electron chi connectivity index (χ0n) is 6.61. The van der Waals surface area contributed by atoms with E-state index in [1.807, 2.05) is 0 Å². The van der Waals surface area contributed by atoms with Gasteiger partial charge in [0, 0.05) is 13.3 Å². The van der Waals surface area contributed by atoms with Crippen LogP contribution in [0.15, 0.2) is 0 Å². The van der Waals surface area contributed by atoms with Gasteiger partial charge in [-0.05, 0) is 6.92 Å². The summed E-state index contributed by atoms with van der Waals surface area (Å²) < 4.78 is 9.82. The molecule has 0 aromatic heterocycles. The third-order valence-corrected chi connectivity index (χ3v) is 1.65. The second-order valence-electron chi connectivity index (χ2n) is 2.68. The monoisotopic (exact) mass is 160 g/mol. The first kappa shape index (κ1) is 8.49. The highest BCUT2D eigenvalue weighted by Crippen LogP contribution is 2.20. The van der Waals surface area contributed by atoms with Crippen molar-refractivity contribution in [1.29, 1.82) is 0 Å². The van der Waals surface area contributed by atoms with Crippen LogP contribution >= 0.6 is 0 Å². The topological polar surface area (TPSA) is 55.8 Å². The van der Waals surface area contributed by atoms with Crippen LogP contribution in [0.5, 0.6) is 0 Å². The quantitative estimate of drug-likeness (QED) is 0.550. The third kappa shape index (κ3) is 2.17. The molecule has 11 heavy (non-hydrogen) atoms. The lowest BCUT2D eigenvalue weighted by Gasteiger charge is -2.12. The lowest BCUT2D eigenvalue weighted by Crippen LogP contribution is -2.23. The van der Waals surface area contributed by atoms with Crippen LogP contribution in [0.1, 0.15) is 20.3 Å². The van der Waals surface area contributed by atoms with Gasteiger partial charge in [-0.25, -0.2) is 0 Å². The Balaban J connectivity index is 2.40. The standard InChI is InChI=1S/C7H12O4/c1-4-6(11-5(2)8)3-7(9)10-4/h4,6-7,9H,3H2,1-2H3/t4-,6+,7-/m1/s1. The summed E-state index contributed by atoms with van der Waals surface area (Å²) in [6.07, 6.45) is -0.897. The largest absolute Gasteiger partial charge is 0.460 e. The third-order valence-electron chi connectivity index (χ3n) is 1.65. The number of carbonyl (C=O) groups is 1. The van der Waals surface area contributed by atoms with E-state index in [1.54, 1.807) is 6.92 Å². The Morgan fingerprint density at radius 2 is 2.36 bits per heavy atom. The van der Waals surface area contributed by atoms with Gasteiger partial charge >= 0.3 is 5.97 Å². The predicted molar refractivity (Wildman–Crippen MR) is 36.7 cm³/mol. The van der Waals surface area contributed by atoms with E-state index in [4.69, 9.17) is 14.6 Å². The van der Waals surface area contributed by atoms with Crippen LogP contribution in [0.25, 0.3) is 0 Å². The molecular weight excluding hydrogens is 148 g/mol. The lowest BCUT2D eigenvalue weighted by molar-refractivity contribution is -0.149. The maximum absolute atomic E-state index is 10.5. The van der Waals surface area contributed by atoms with Gasteiger partial charge in [0.15, 0.2) is 6.29 Å². The molecular formula is C7H12O4. The highest BCUT2D eigenvalue weighted by Gasteiger charge is 2.32. The maximum atomic E-state index is 10.5. The molecule has 0 amide bonds.